The van der Waals surface area contributed by atoms with Crippen molar-refractivity contribution in [2.75, 3.05) is 6.61 Å². The number of rotatable bonds is 13. The highest BCUT2D eigenvalue weighted by Gasteiger charge is 2.48. The number of ether oxygens (including phenoxy) is 5. The fourth-order valence-corrected chi connectivity index (χ4v) is 5.29. The molecule has 1 unspecified atom stereocenters. The van der Waals surface area contributed by atoms with Gasteiger partial charge in [-0.05, 0) is 70.8 Å². The maximum atomic E-state index is 11.2. The van der Waals surface area contributed by atoms with Gasteiger partial charge in [-0.2, -0.15) is 0 Å². The van der Waals surface area contributed by atoms with Crippen LogP contribution in [-0.4, -0.2) is 42.4 Å². The summed E-state index contributed by atoms with van der Waals surface area (Å²) < 4.78 is 31.4. The van der Waals surface area contributed by atoms with Gasteiger partial charge in [-0.3, -0.25) is 0 Å². The summed E-state index contributed by atoms with van der Waals surface area (Å²) in [5.74, 6) is 0. The Morgan fingerprint density at radius 3 is 1.23 bits per heavy atom. The zero-order valence-electron chi connectivity index (χ0n) is 23.7. The van der Waals surface area contributed by atoms with Gasteiger partial charge in [-0.25, -0.2) is 0 Å². The van der Waals surface area contributed by atoms with Crippen LogP contribution in [0.25, 0.3) is 0 Å². The van der Waals surface area contributed by atoms with E-state index in [9.17, 15) is 5.11 Å². The number of aliphatic hydroxyl groups is 1. The molecule has 0 bridgehead atoms. The lowest BCUT2D eigenvalue weighted by Gasteiger charge is -2.44. The van der Waals surface area contributed by atoms with Crippen molar-refractivity contribution in [3.63, 3.8) is 0 Å². The summed E-state index contributed by atoms with van der Waals surface area (Å²) >= 11 is 24.3. The van der Waals surface area contributed by atoms with Crippen LogP contribution in [0.5, 0.6) is 0 Å². The van der Waals surface area contributed by atoms with Crippen molar-refractivity contribution in [3.05, 3.63) is 139 Å². The van der Waals surface area contributed by atoms with Crippen LogP contribution in [0, 0.1) is 0 Å². The van der Waals surface area contributed by atoms with E-state index in [2.05, 4.69) is 0 Å². The lowest BCUT2D eigenvalue weighted by Crippen LogP contribution is -2.61. The van der Waals surface area contributed by atoms with E-state index in [1.54, 1.807) is 36.4 Å². The Balaban J connectivity index is 1.37. The van der Waals surface area contributed by atoms with Crippen molar-refractivity contribution < 1.29 is 28.8 Å². The van der Waals surface area contributed by atoms with Gasteiger partial charge < -0.3 is 28.8 Å². The van der Waals surface area contributed by atoms with Gasteiger partial charge in [-0.15, -0.1) is 0 Å². The molecule has 0 aliphatic carbocycles. The summed E-state index contributed by atoms with van der Waals surface area (Å²) in [6.45, 7) is 1.14. The molecule has 5 atom stereocenters. The highest BCUT2D eigenvalue weighted by Crippen LogP contribution is 2.30. The summed E-state index contributed by atoms with van der Waals surface area (Å²) in [6, 6.07) is 29.5. The predicted molar refractivity (Wildman–Crippen MR) is 172 cm³/mol. The van der Waals surface area contributed by atoms with Gasteiger partial charge >= 0.3 is 0 Å². The molecule has 1 aliphatic rings. The van der Waals surface area contributed by atoms with E-state index in [4.69, 9.17) is 70.1 Å². The third-order valence-corrected chi connectivity index (χ3v) is 8.15. The molecule has 232 valence electrons. The van der Waals surface area contributed by atoms with Crippen LogP contribution in [0.15, 0.2) is 97.1 Å². The summed E-state index contributed by atoms with van der Waals surface area (Å²) in [7, 11) is 0. The lowest BCUT2D eigenvalue weighted by molar-refractivity contribution is -0.317. The fourth-order valence-electron chi connectivity index (χ4n) is 4.79. The van der Waals surface area contributed by atoms with E-state index < -0.39 is 30.7 Å². The van der Waals surface area contributed by atoms with Gasteiger partial charge in [0, 0.05) is 20.1 Å². The molecule has 10 heteroatoms. The highest BCUT2D eigenvalue weighted by molar-refractivity contribution is 6.31. The van der Waals surface area contributed by atoms with Crippen LogP contribution < -0.4 is 0 Å². The van der Waals surface area contributed by atoms with Crippen LogP contribution in [0.4, 0.5) is 0 Å². The Kier molecular flexibility index (Phi) is 12.4. The molecule has 1 saturated heterocycles. The minimum Gasteiger partial charge on any atom is -0.374 e. The Labute approximate surface area is 277 Å². The van der Waals surface area contributed by atoms with Gasteiger partial charge in [0.25, 0.3) is 0 Å². The number of hydrogen-bond acceptors (Lipinski definition) is 6. The minimum atomic E-state index is -1.31. The summed E-state index contributed by atoms with van der Waals surface area (Å²) in [5.41, 5.74) is 3.64. The molecule has 0 radical (unpaired) electrons. The van der Waals surface area contributed by atoms with E-state index in [-0.39, 0.29) is 26.4 Å². The summed E-state index contributed by atoms with van der Waals surface area (Å²) in [6.07, 6.45) is -4.24. The second-order valence-corrected chi connectivity index (χ2v) is 12.2. The van der Waals surface area contributed by atoms with E-state index >= 15 is 0 Å². The summed E-state index contributed by atoms with van der Waals surface area (Å²) in [4.78, 5) is 0. The van der Waals surface area contributed by atoms with E-state index in [1.165, 1.54) is 0 Å². The molecule has 0 amide bonds. The lowest BCUT2D eigenvalue weighted by atomic mass is 9.98. The average Bonchev–Trinajstić information content (AvgIpc) is 3.02. The Morgan fingerprint density at radius 2 is 0.818 bits per heavy atom. The number of aliphatic hydroxyl groups excluding tert-OH is 1. The van der Waals surface area contributed by atoms with Crippen LogP contribution in [0.3, 0.4) is 0 Å². The zero-order chi connectivity index (χ0) is 30.9. The van der Waals surface area contributed by atoms with Crippen LogP contribution in [0.2, 0.25) is 20.1 Å². The first-order valence-electron chi connectivity index (χ1n) is 14.1. The van der Waals surface area contributed by atoms with Gasteiger partial charge in [0.15, 0.2) is 6.29 Å². The van der Waals surface area contributed by atoms with Gasteiger partial charge in [0.1, 0.15) is 24.4 Å². The fraction of sp³-hybridized carbons (Fsp3) is 0.294. The summed E-state index contributed by atoms with van der Waals surface area (Å²) in [5, 5.41) is 13.8. The normalized spacial score (nSPS) is 21.8. The second kappa shape index (κ2) is 16.4. The molecule has 1 aliphatic heterocycles. The van der Waals surface area contributed by atoms with Crippen molar-refractivity contribution in [2.45, 2.75) is 57.1 Å². The third kappa shape index (κ3) is 9.65. The molecule has 1 heterocycles. The van der Waals surface area contributed by atoms with E-state index in [0.29, 0.717) is 26.7 Å². The predicted octanol–water partition coefficient (Wildman–Crippen LogP) is 8.29. The highest BCUT2D eigenvalue weighted by atomic mass is 35.5. The van der Waals surface area contributed by atoms with Crippen molar-refractivity contribution >= 4 is 46.4 Å². The molecule has 6 nitrogen and oxygen atoms in total. The first kappa shape index (κ1) is 33.2. The molecule has 44 heavy (non-hydrogen) atoms. The van der Waals surface area contributed by atoms with Crippen LogP contribution in [-0.2, 0) is 50.1 Å². The number of halogens is 4. The maximum absolute atomic E-state index is 11.2. The maximum Gasteiger partial charge on any atom is 0.184 e. The van der Waals surface area contributed by atoms with E-state index in [1.807, 2.05) is 60.7 Å². The van der Waals surface area contributed by atoms with Gasteiger partial charge in [0.05, 0.1) is 33.0 Å². The Hall–Kier alpha value is -2.20. The molecule has 0 aromatic heterocycles. The molecule has 0 spiro atoms. The Bertz CT molecular complexity index is 1440. The zero-order valence-corrected chi connectivity index (χ0v) is 26.7. The SMILES string of the molecule is OC1O[C@H](COCc2ccc(Cl)cc2)[C@H](OCc2ccc(Cl)cc2)[C@H](OCc2ccc(Cl)cc2)[C@H]1OCc1ccc(Cl)cc1. The van der Waals surface area contributed by atoms with Gasteiger partial charge in [-0.1, -0.05) is 94.9 Å². The van der Waals surface area contributed by atoms with Crippen LogP contribution in [0.1, 0.15) is 22.3 Å². The van der Waals surface area contributed by atoms with Crippen molar-refractivity contribution in [3.8, 4) is 0 Å². The van der Waals surface area contributed by atoms with Crippen LogP contribution >= 0.6 is 46.4 Å². The number of hydrogen-bond donors (Lipinski definition) is 1. The monoisotopic (exact) mass is 676 g/mol. The standard InChI is InChI=1S/C34H32Cl4O6/c35-26-9-1-22(2-10-26)17-40-21-30-31(41-18-23-3-11-27(36)12-4-23)32(42-19-24-5-13-28(37)14-6-24)33(34(39)44-30)43-20-25-7-15-29(38)16-8-25/h1-16,30-34,39H,17-21H2/t30-,31+,32+,33-,34?/m1/s1. The molecular weight excluding hydrogens is 646 g/mol. The molecule has 1 N–H and O–H groups in total. The van der Waals surface area contributed by atoms with Crippen molar-refractivity contribution in [1.29, 1.82) is 0 Å². The number of benzene rings is 4. The molecule has 5 rings (SSSR count). The molecule has 4 aromatic carbocycles. The first-order chi connectivity index (χ1) is 21.3. The minimum absolute atomic E-state index is 0.135. The third-order valence-electron chi connectivity index (χ3n) is 7.14. The van der Waals surface area contributed by atoms with Crippen molar-refractivity contribution in [2.24, 2.45) is 0 Å². The quantitative estimate of drug-likeness (QED) is 0.154. The van der Waals surface area contributed by atoms with E-state index in [0.717, 1.165) is 22.3 Å². The van der Waals surface area contributed by atoms with Gasteiger partial charge in [0.2, 0.25) is 0 Å². The Morgan fingerprint density at radius 1 is 0.477 bits per heavy atom. The topological polar surface area (TPSA) is 66.4 Å². The largest absolute Gasteiger partial charge is 0.374 e. The second-order valence-electron chi connectivity index (χ2n) is 10.4. The smallest absolute Gasteiger partial charge is 0.184 e. The average molecular weight is 678 g/mol. The molecule has 4 aromatic rings. The van der Waals surface area contributed by atoms with Crippen molar-refractivity contribution in [1.82, 2.24) is 0 Å². The molecule has 1 fully saturated rings. The molecule has 0 saturated carbocycles. The first-order valence-corrected chi connectivity index (χ1v) is 15.6. The molecular formula is C34H32Cl4O6.